The molecule has 0 radical (unpaired) electrons. The lowest BCUT2D eigenvalue weighted by atomic mass is 9.97. The Morgan fingerprint density at radius 3 is 2.53 bits per heavy atom. The summed E-state index contributed by atoms with van der Waals surface area (Å²) in [6.07, 6.45) is 2.88. The van der Waals surface area contributed by atoms with Crippen molar-refractivity contribution in [3.05, 3.63) is 29.1 Å². The second kappa shape index (κ2) is 6.60. The molecule has 96 valence electrons. The summed E-state index contributed by atoms with van der Waals surface area (Å²) < 4.78 is 19.0. The van der Waals surface area contributed by atoms with E-state index in [2.05, 4.69) is 0 Å². The molecule has 0 atom stereocenters. The van der Waals surface area contributed by atoms with E-state index in [0.717, 1.165) is 30.4 Å². The Labute approximate surface area is 103 Å². The molecule has 1 aromatic carbocycles. The van der Waals surface area contributed by atoms with Gasteiger partial charge in [0.15, 0.2) is 0 Å². The van der Waals surface area contributed by atoms with Crippen LogP contribution in [0.4, 0.5) is 4.39 Å². The van der Waals surface area contributed by atoms with Gasteiger partial charge in [-0.2, -0.15) is 0 Å². The zero-order valence-corrected chi connectivity index (χ0v) is 10.9. The molecule has 2 nitrogen and oxygen atoms in total. The van der Waals surface area contributed by atoms with E-state index in [9.17, 15) is 4.39 Å². The van der Waals surface area contributed by atoms with E-state index in [1.165, 1.54) is 6.07 Å². The largest absolute Gasteiger partial charge is 0.496 e. The van der Waals surface area contributed by atoms with E-state index in [0.29, 0.717) is 12.3 Å². The molecule has 0 spiro atoms. The van der Waals surface area contributed by atoms with Gasteiger partial charge in [-0.1, -0.05) is 13.8 Å². The first-order valence-corrected chi connectivity index (χ1v) is 6.16. The number of halogens is 1. The van der Waals surface area contributed by atoms with Crippen LogP contribution >= 0.6 is 0 Å². The number of ether oxygens (including phenoxy) is 1. The van der Waals surface area contributed by atoms with E-state index in [-0.39, 0.29) is 11.7 Å². The summed E-state index contributed by atoms with van der Waals surface area (Å²) in [6, 6.07) is 3.42. The number of benzene rings is 1. The van der Waals surface area contributed by atoms with Gasteiger partial charge in [0.05, 0.1) is 7.11 Å². The molecule has 0 saturated carbocycles. The molecule has 0 unspecified atom stereocenters. The molecule has 0 aliphatic carbocycles. The average Bonchev–Trinajstić information content (AvgIpc) is 2.30. The Bertz CT molecular complexity index is 363. The highest BCUT2D eigenvalue weighted by Gasteiger charge is 2.12. The molecule has 0 amide bonds. The Morgan fingerprint density at radius 2 is 2.00 bits per heavy atom. The molecule has 0 aliphatic rings. The fourth-order valence-corrected chi connectivity index (χ4v) is 1.91. The minimum atomic E-state index is -0.181. The number of rotatable bonds is 6. The summed E-state index contributed by atoms with van der Waals surface area (Å²) >= 11 is 0. The van der Waals surface area contributed by atoms with Gasteiger partial charge in [-0.15, -0.1) is 0 Å². The molecule has 3 heteroatoms. The highest BCUT2D eigenvalue weighted by Crippen LogP contribution is 2.28. The second-order valence-corrected chi connectivity index (χ2v) is 4.59. The van der Waals surface area contributed by atoms with Crippen molar-refractivity contribution in [1.82, 2.24) is 0 Å². The maximum absolute atomic E-state index is 13.8. The summed E-state index contributed by atoms with van der Waals surface area (Å²) in [5.41, 5.74) is 7.31. The normalized spacial score (nSPS) is 10.9. The van der Waals surface area contributed by atoms with Crippen molar-refractivity contribution in [2.45, 2.75) is 39.0 Å². The van der Waals surface area contributed by atoms with Gasteiger partial charge in [0.25, 0.3) is 0 Å². The highest BCUT2D eigenvalue weighted by molar-refractivity contribution is 5.39. The molecule has 0 fully saturated rings. The second-order valence-electron chi connectivity index (χ2n) is 4.59. The van der Waals surface area contributed by atoms with Crippen LogP contribution in [0.1, 0.15) is 43.7 Å². The van der Waals surface area contributed by atoms with Gasteiger partial charge in [-0.25, -0.2) is 4.39 Å². The van der Waals surface area contributed by atoms with Gasteiger partial charge >= 0.3 is 0 Å². The third-order valence-corrected chi connectivity index (χ3v) is 2.92. The van der Waals surface area contributed by atoms with Crippen molar-refractivity contribution >= 4 is 0 Å². The standard InChI is InChI=1S/C14H22FNO/c1-10(2)12-8-11(6-4-5-7-16)14(17-3)9-13(12)15/h8-10H,4-7,16H2,1-3H3. The zero-order valence-electron chi connectivity index (χ0n) is 10.9. The monoisotopic (exact) mass is 239 g/mol. The topological polar surface area (TPSA) is 35.2 Å². The van der Waals surface area contributed by atoms with Crippen molar-refractivity contribution < 1.29 is 9.13 Å². The SMILES string of the molecule is COc1cc(F)c(C(C)C)cc1CCCCN. The molecular weight excluding hydrogens is 217 g/mol. The maximum Gasteiger partial charge on any atom is 0.130 e. The zero-order chi connectivity index (χ0) is 12.8. The first-order valence-electron chi connectivity index (χ1n) is 6.16. The lowest BCUT2D eigenvalue weighted by Crippen LogP contribution is -2.02. The van der Waals surface area contributed by atoms with Gasteiger partial charge in [0, 0.05) is 6.07 Å². The molecule has 0 saturated heterocycles. The van der Waals surface area contributed by atoms with E-state index >= 15 is 0 Å². The maximum atomic E-state index is 13.8. The lowest BCUT2D eigenvalue weighted by Gasteiger charge is -2.14. The van der Waals surface area contributed by atoms with E-state index in [1.54, 1.807) is 7.11 Å². The van der Waals surface area contributed by atoms with Crippen LogP contribution in [0.15, 0.2) is 12.1 Å². The molecule has 1 rings (SSSR count). The van der Waals surface area contributed by atoms with Crippen LogP contribution in [0, 0.1) is 5.82 Å². The fourth-order valence-electron chi connectivity index (χ4n) is 1.91. The summed E-state index contributed by atoms with van der Waals surface area (Å²) in [5.74, 6) is 0.650. The van der Waals surface area contributed by atoms with Crippen LogP contribution in [0.25, 0.3) is 0 Å². The van der Waals surface area contributed by atoms with E-state index in [4.69, 9.17) is 10.5 Å². The van der Waals surface area contributed by atoms with Crippen LogP contribution in [0.3, 0.4) is 0 Å². The minimum Gasteiger partial charge on any atom is -0.496 e. The van der Waals surface area contributed by atoms with Crippen molar-refractivity contribution in [2.75, 3.05) is 13.7 Å². The van der Waals surface area contributed by atoms with Crippen molar-refractivity contribution in [1.29, 1.82) is 0 Å². The van der Waals surface area contributed by atoms with Crippen molar-refractivity contribution in [2.24, 2.45) is 5.73 Å². The number of aryl methyl sites for hydroxylation is 1. The van der Waals surface area contributed by atoms with Crippen LogP contribution in [0.5, 0.6) is 5.75 Å². The smallest absolute Gasteiger partial charge is 0.130 e. The predicted octanol–water partition coefficient (Wildman–Crippen LogP) is 3.24. The Hall–Kier alpha value is -1.09. The average molecular weight is 239 g/mol. The molecule has 1 aromatic rings. The van der Waals surface area contributed by atoms with E-state index in [1.807, 2.05) is 19.9 Å². The van der Waals surface area contributed by atoms with Gasteiger partial charge in [0.1, 0.15) is 11.6 Å². The summed E-state index contributed by atoms with van der Waals surface area (Å²) in [5, 5.41) is 0. The van der Waals surface area contributed by atoms with Gasteiger partial charge in [-0.05, 0) is 48.9 Å². The molecule has 0 bridgehead atoms. The van der Waals surface area contributed by atoms with Gasteiger partial charge < -0.3 is 10.5 Å². The molecule has 0 aromatic heterocycles. The van der Waals surface area contributed by atoms with Crippen LogP contribution in [0.2, 0.25) is 0 Å². The predicted molar refractivity (Wildman–Crippen MR) is 69.0 cm³/mol. The van der Waals surface area contributed by atoms with Crippen molar-refractivity contribution in [3.63, 3.8) is 0 Å². The molecule has 17 heavy (non-hydrogen) atoms. The quantitative estimate of drug-likeness (QED) is 0.773. The van der Waals surface area contributed by atoms with E-state index < -0.39 is 0 Å². The van der Waals surface area contributed by atoms with Crippen LogP contribution < -0.4 is 10.5 Å². The highest BCUT2D eigenvalue weighted by atomic mass is 19.1. The first-order chi connectivity index (χ1) is 8.10. The Balaban J connectivity index is 2.95. The molecule has 0 heterocycles. The lowest BCUT2D eigenvalue weighted by molar-refractivity contribution is 0.404. The summed E-state index contributed by atoms with van der Waals surface area (Å²) in [7, 11) is 1.58. The van der Waals surface area contributed by atoms with Crippen LogP contribution in [-0.4, -0.2) is 13.7 Å². The Morgan fingerprint density at radius 1 is 1.29 bits per heavy atom. The van der Waals surface area contributed by atoms with Crippen LogP contribution in [-0.2, 0) is 6.42 Å². The molecule has 0 aliphatic heterocycles. The van der Waals surface area contributed by atoms with Gasteiger partial charge in [-0.3, -0.25) is 0 Å². The third kappa shape index (κ3) is 3.70. The van der Waals surface area contributed by atoms with Gasteiger partial charge in [0.2, 0.25) is 0 Å². The number of nitrogens with two attached hydrogens (primary N) is 1. The molecule has 2 N–H and O–H groups in total. The first kappa shape index (κ1) is 14.0. The Kier molecular flexibility index (Phi) is 5.42. The minimum absolute atomic E-state index is 0.181. The third-order valence-electron chi connectivity index (χ3n) is 2.92. The number of hydrogen-bond acceptors (Lipinski definition) is 2. The number of unbranched alkanes of at least 4 members (excludes halogenated alkanes) is 1. The fraction of sp³-hybridized carbons (Fsp3) is 0.571. The molecular formula is C14H22FNO. The number of methoxy groups -OCH3 is 1. The summed E-state index contributed by atoms with van der Waals surface area (Å²) in [4.78, 5) is 0. The number of hydrogen-bond donors (Lipinski definition) is 1. The van der Waals surface area contributed by atoms with Crippen molar-refractivity contribution in [3.8, 4) is 5.75 Å². The summed E-state index contributed by atoms with van der Waals surface area (Å²) in [6.45, 7) is 4.68.